The molecule has 0 aliphatic heterocycles. The molecule has 3 heteroatoms. The molecule has 0 bridgehead atoms. The van der Waals surface area contributed by atoms with E-state index < -0.39 is 15.8 Å². The molecule has 0 aromatic heterocycles. The molecule has 5 aromatic carbocycles. The third-order valence-corrected chi connectivity index (χ3v) is 11.2. The monoisotopic (exact) mass is 588 g/mol. The summed E-state index contributed by atoms with van der Waals surface area (Å²) in [4.78, 5) is 0. The quantitative estimate of drug-likeness (QED) is 0.203. The summed E-state index contributed by atoms with van der Waals surface area (Å²) >= 11 is 0. The van der Waals surface area contributed by atoms with E-state index in [1.54, 1.807) is 0 Å². The van der Waals surface area contributed by atoms with Crippen LogP contribution >= 0.6 is 15.8 Å². The van der Waals surface area contributed by atoms with Crippen LogP contribution in [0.1, 0.15) is 5.56 Å². The molecule has 0 heterocycles. The fourth-order valence-corrected chi connectivity index (χ4v) is 9.54. The van der Waals surface area contributed by atoms with Gasteiger partial charge in [-0.2, -0.15) is 0 Å². The molecule has 0 saturated heterocycles. The van der Waals surface area contributed by atoms with Gasteiger partial charge in [-0.05, 0) is 53.7 Å². The highest BCUT2D eigenvalue weighted by Gasteiger charge is 2.26. The van der Waals surface area contributed by atoms with Crippen molar-refractivity contribution in [1.82, 2.24) is 0 Å². The lowest BCUT2D eigenvalue weighted by Crippen LogP contribution is -3.00. The maximum absolute atomic E-state index is 2.36. The second-order valence-electron chi connectivity index (χ2n) is 8.02. The molecule has 0 fully saturated rings. The SMILES string of the molecule is [I-].c1ccc(P(c2ccccc2)c2ccccc2C[PH+](c2ccccc2)c2ccccc2)cc1. The number of rotatable bonds is 7. The molecule has 0 radical (unpaired) electrons. The molecule has 0 unspecified atom stereocenters. The van der Waals surface area contributed by atoms with Gasteiger partial charge < -0.3 is 24.0 Å². The molecule has 34 heavy (non-hydrogen) atoms. The standard InChI is InChI=1S/C31H26P2.HI/c1-5-16-27(17-6-1)32(28-18-7-2-8-19-28)25-26-15-13-14-24-31(26)33(29-20-9-3-10-21-29)30-22-11-4-12-23-30;/h1-24H,25H2;1H. The zero-order chi connectivity index (χ0) is 22.3. The first-order valence-electron chi connectivity index (χ1n) is 11.3. The van der Waals surface area contributed by atoms with E-state index in [0.717, 1.165) is 6.16 Å². The van der Waals surface area contributed by atoms with Crippen LogP contribution in [0.5, 0.6) is 0 Å². The van der Waals surface area contributed by atoms with E-state index >= 15 is 0 Å². The van der Waals surface area contributed by atoms with E-state index in [1.807, 2.05) is 0 Å². The molecule has 0 spiro atoms. The summed E-state index contributed by atoms with van der Waals surface area (Å²) in [5.74, 6) is 0. The summed E-state index contributed by atoms with van der Waals surface area (Å²) in [5.41, 5.74) is 1.47. The van der Waals surface area contributed by atoms with Crippen molar-refractivity contribution in [3.05, 3.63) is 151 Å². The smallest absolute Gasteiger partial charge is 0.0970 e. The Morgan fingerprint density at radius 3 is 1.29 bits per heavy atom. The molecular weight excluding hydrogens is 561 g/mol. The molecule has 0 nitrogen and oxygen atoms in total. The first-order chi connectivity index (χ1) is 16.4. The minimum Gasteiger partial charge on any atom is -1.00 e. The maximum atomic E-state index is 2.36. The Morgan fingerprint density at radius 1 is 0.441 bits per heavy atom. The zero-order valence-corrected chi connectivity index (χ0v) is 22.9. The highest BCUT2D eigenvalue weighted by molar-refractivity contribution is 7.80. The fraction of sp³-hybridized carbons (Fsp3) is 0.0323. The lowest BCUT2D eigenvalue weighted by molar-refractivity contribution is -0.00000622. The lowest BCUT2D eigenvalue weighted by Gasteiger charge is -2.22. The molecule has 0 N–H and O–H groups in total. The fourth-order valence-electron chi connectivity index (χ4n) is 4.30. The van der Waals surface area contributed by atoms with Crippen LogP contribution in [-0.2, 0) is 6.16 Å². The molecule has 5 rings (SSSR count). The predicted octanol–water partition coefficient (Wildman–Crippen LogP) is 2.81. The van der Waals surface area contributed by atoms with Crippen molar-refractivity contribution in [2.24, 2.45) is 0 Å². The summed E-state index contributed by atoms with van der Waals surface area (Å²) in [6, 6.07) is 53.3. The second kappa shape index (κ2) is 12.4. The van der Waals surface area contributed by atoms with Crippen molar-refractivity contribution in [2.45, 2.75) is 6.16 Å². The molecule has 0 amide bonds. The lowest BCUT2D eigenvalue weighted by atomic mass is 10.2. The van der Waals surface area contributed by atoms with Crippen molar-refractivity contribution in [3.63, 3.8) is 0 Å². The Balaban J connectivity index is 0.00000274. The minimum atomic E-state index is -0.960. The largest absolute Gasteiger partial charge is 1.00 e. The van der Waals surface area contributed by atoms with E-state index in [0.29, 0.717) is 0 Å². The van der Waals surface area contributed by atoms with E-state index in [9.17, 15) is 0 Å². The van der Waals surface area contributed by atoms with Crippen molar-refractivity contribution in [1.29, 1.82) is 0 Å². The normalized spacial score (nSPS) is 10.8. The van der Waals surface area contributed by atoms with Crippen LogP contribution in [0, 0.1) is 0 Å². The first kappa shape index (κ1) is 24.8. The second-order valence-corrected chi connectivity index (χ2v) is 12.7. The third kappa shape index (κ3) is 5.84. The van der Waals surface area contributed by atoms with Crippen LogP contribution in [0.3, 0.4) is 0 Å². The van der Waals surface area contributed by atoms with E-state index in [2.05, 4.69) is 146 Å². The number of benzene rings is 5. The third-order valence-electron chi connectivity index (χ3n) is 5.87. The topological polar surface area (TPSA) is 0 Å². The molecule has 0 aliphatic rings. The summed E-state index contributed by atoms with van der Waals surface area (Å²) in [5, 5.41) is 7.21. The van der Waals surface area contributed by atoms with Gasteiger partial charge in [0, 0.05) is 0 Å². The van der Waals surface area contributed by atoms with Gasteiger partial charge >= 0.3 is 0 Å². The number of hydrogen-bond donors (Lipinski definition) is 0. The van der Waals surface area contributed by atoms with Crippen LogP contribution in [-0.4, -0.2) is 0 Å². The van der Waals surface area contributed by atoms with Gasteiger partial charge in [-0.15, -0.1) is 0 Å². The van der Waals surface area contributed by atoms with Gasteiger partial charge in [0.2, 0.25) is 0 Å². The van der Waals surface area contributed by atoms with Crippen molar-refractivity contribution in [2.75, 3.05) is 0 Å². The average Bonchev–Trinajstić information content (AvgIpc) is 2.90. The van der Waals surface area contributed by atoms with Crippen LogP contribution in [0.25, 0.3) is 0 Å². The van der Waals surface area contributed by atoms with Gasteiger partial charge in [0.05, 0.1) is 24.7 Å². The molecule has 0 aliphatic carbocycles. The molecule has 5 aromatic rings. The summed E-state index contributed by atoms with van der Waals surface area (Å²) in [7, 11) is -1.58. The maximum Gasteiger partial charge on any atom is 0.0970 e. The summed E-state index contributed by atoms with van der Waals surface area (Å²) in [6.07, 6.45) is 1.08. The van der Waals surface area contributed by atoms with Crippen LogP contribution in [0.4, 0.5) is 0 Å². The zero-order valence-electron chi connectivity index (χ0n) is 18.9. The summed E-state index contributed by atoms with van der Waals surface area (Å²) in [6.45, 7) is 0. The van der Waals surface area contributed by atoms with E-state index in [4.69, 9.17) is 0 Å². The Labute approximate surface area is 222 Å². The Bertz CT molecular complexity index is 1200. The Kier molecular flexibility index (Phi) is 9.05. The van der Waals surface area contributed by atoms with Gasteiger partial charge in [0.15, 0.2) is 0 Å². The predicted molar refractivity (Wildman–Crippen MR) is 149 cm³/mol. The van der Waals surface area contributed by atoms with Gasteiger partial charge in [0.25, 0.3) is 0 Å². The molecular formula is C31H27IP2. The first-order valence-corrected chi connectivity index (χ1v) is 14.4. The average molecular weight is 588 g/mol. The molecule has 168 valence electrons. The van der Waals surface area contributed by atoms with Gasteiger partial charge in [-0.3, -0.25) is 0 Å². The Morgan fingerprint density at radius 2 is 0.824 bits per heavy atom. The van der Waals surface area contributed by atoms with E-state index in [-0.39, 0.29) is 24.0 Å². The van der Waals surface area contributed by atoms with Crippen molar-refractivity contribution >= 4 is 42.4 Å². The van der Waals surface area contributed by atoms with E-state index in [1.165, 1.54) is 32.1 Å². The van der Waals surface area contributed by atoms with Gasteiger partial charge in [-0.1, -0.05) is 121 Å². The number of hydrogen-bond acceptors (Lipinski definition) is 0. The van der Waals surface area contributed by atoms with Gasteiger partial charge in [0.1, 0.15) is 0 Å². The van der Waals surface area contributed by atoms with Crippen LogP contribution in [0.2, 0.25) is 0 Å². The highest BCUT2D eigenvalue weighted by Crippen LogP contribution is 2.41. The Hall–Kier alpha value is -2.31. The van der Waals surface area contributed by atoms with Crippen LogP contribution in [0.15, 0.2) is 146 Å². The van der Waals surface area contributed by atoms with Gasteiger partial charge in [-0.25, -0.2) is 0 Å². The van der Waals surface area contributed by atoms with Crippen molar-refractivity contribution < 1.29 is 24.0 Å². The highest BCUT2D eigenvalue weighted by atomic mass is 127. The van der Waals surface area contributed by atoms with Crippen LogP contribution < -0.4 is 50.5 Å². The summed E-state index contributed by atoms with van der Waals surface area (Å²) < 4.78 is 0. The van der Waals surface area contributed by atoms with Crippen molar-refractivity contribution in [3.8, 4) is 0 Å². The molecule has 0 atom stereocenters. The molecule has 0 saturated carbocycles. The number of halogens is 1. The minimum absolute atomic E-state index is 0.